The quantitative estimate of drug-likeness (QED) is 0.370. The van der Waals surface area contributed by atoms with Crippen molar-refractivity contribution < 1.29 is 36.7 Å². The standard InChI is InChI=1S/C36H39FN4O7S/c1-22-34(43)41-21-27(48-33-29(23-9-5-4-6-10-23)18-24-17-26(37)12-15-30(24)38-33)19-31(41)32(42)39-36(35(44)40-49(45,46)28-13-14-28)20-25(36)11-7-2-3-8-16-47-22/h4-7,9-12,15,17-18,22,25,27-28,31H,2-3,8,13-14,16,19-21H2,1H3,(H,39,42)(H,40,44)/b11-7-/t22-,25-,27-,31+,36-/m1/s1. The zero-order chi connectivity index (χ0) is 34.3. The highest BCUT2D eigenvalue weighted by Gasteiger charge is 2.62. The van der Waals surface area contributed by atoms with Gasteiger partial charge in [-0.3, -0.25) is 19.1 Å². The Labute approximate surface area is 284 Å². The molecule has 5 atom stereocenters. The molecule has 2 aliphatic heterocycles. The molecule has 13 heteroatoms. The van der Waals surface area contributed by atoms with E-state index >= 15 is 0 Å². The number of rotatable bonds is 6. The number of carbonyl (C=O) groups is 3. The second kappa shape index (κ2) is 13.2. The van der Waals surface area contributed by atoms with Crippen molar-refractivity contribution >= 4 is 38.6 Å². The number of carbonyl (C=O) groups excluding carboxylic acids is 3. The van der Waals surface area contributed by atoms with Crippen LogP contribution >= 0.6 is 0 Å². The normalized spacial score (nSPS) is 28.4. The van der Waals surface area contributed by atoms with Gasteiger partial charge in [0.05, 0.1) is 17.3 Å². The average molecular weight is 691 g/mol. The molecule has 1 saturated heterocycles. The lowest BCUT2D eigenvalue weighted by Crippen LogP contribution is -2.57. The van der Waals surface area contributed by atoms with Crippen molar-refractivity contribution in [1.82, 2.24) is 19.9 Å². The molecule has 11 nitrogen and oxygen atoms in total. The van der Waals surface area contributed by atoms with Crippen LogP contribution in [0, 0.1) is 11.7 Å². The second-order valence-electron chi connectivity index (χ2n) is 13.4. The summed E-state index contributed by atoms with van der Waals surface area (Å²) in [4.78, 5) is 47.7. The number of halogens is 1. The van der Waals surface area contributed by atoms with E-state index in [0.717, 1.165) is 12.0 Å². The van der Waals surface area contributed by atoms with E-state index in [9.17, 15) is 27.2 Å². The van der Waals surface area contributed by atoms with Crippen molar-refractivity contribution in [3.8, 4) is 17.0 Å². The first kappa shape index (κ1) is 33.2. The third-order valence-electron chi connectivity index (χ3n) is 9.77. The van der Waals surface area contributed by atoms with E-state index in [0.29, 0.717) is 48.8 Å². The fourth-order valence-electron chi connectivity index (χ4n) is 6.73. The summed E-state index contributed by atoms with van der Waals surface area (Å²) in [6.45, 7) is 2.05. The molecule has 258 valence electrons. The van der Waals surface area contributed by atoms with Gasteiger partial charge >= 0.3 is 0 Å². The SMILES string of the molecule is C[C@H]1OCCCC/C=C\[C@@H]2C[C@@]2(C(=O)NS(=O)(=O)C2CC2)NC(=O)[C@@H]2C[C@@H](Oc3nc4ccc(F)cc4cc3-c3ccccc3)CN2C1=O. The van der Waals surface area contributed by atoms with Gasteiger partial charge < -0.3 is 19.7 Å². The summed E-state index contributed by atoms with van der Waals surface area (Å²) in [6.07, 6.45) is 5.81. The minimum Gasteiger partial charge on any atom is -0.472 e. The molecule has 3 amide bonds. The summed E-state index contributed by atoms with van der Waals surface area (Å²) in [5.74, 6) is -2.27. The number of sulfonamides is 1. The van der Waals surface area contributed by atoms with Crippen molar-refractivity contribution in [3.05, 3.63) is 72.6 Å². The molecule has 2 aromatic carbocycles. The van der Waals surface area contributed by atoms with Crippen LogP contribution in [0.1, 0.15) is 51.9 Å². The topological polar surface area (TPSA) is 144 Å². The number of fused-ring (bicyclic) bond motifs is 3. The monoisotopic (exact) mass is 690 g/mol. The summed E-state index contributed by atoms with van der Waals surface area (Å²) in [7, 11) is -3.86. The summed E-state index contributed by atoms with van der Waals surface area (Å²) in [5.41, 5.74) is 0.473. The lowest BCUT2D eigenvalue weighted by molar-refractivity contribution is -0.147. The van der Waals surface area contributed by atoms with E-state index in [2.05, 4.69) is 10.0 Å². The Bertz CT molecular complexity index is 1920. The zero-order valence-corrected chi connectivity index (χ0v) is 28.0. The highest BCUT2D eigenvalue weighted by atomic mass is 32.2. The number of nitrogens with one attached hydrogen (secondary N) is 2. The first-order valence-corrected chi connectivity index (χ1v) is 18.4. The largest absolute Gasteiger partial charge is 0.472 e. The number of hydrogen-bond donors (Lipinski definition) is 2. The van der Waals surface area contributed by atoms with Crippen molar-refractivity contribution in [2.75, 3.05) is 13.2 Å². The summed E-state index contributed by atoms with van der Waals surface area (Å²) >= 11 is 0. The van der Waals surface area contributed by atoms with Crippen LogP contribution in [0.4, 0.5) is 4.39 Å². The number of ether oxygens (including phenoxy) is 2. The number of pyridine rings is 1. The summed E-state index contributed by atoms with van der Waals surface area (Å²) in [5, 5.41) is 2.85. The van der Waals surface area contributed by atoms with Gasteiger partial charge in [0.2, 0.25) is 21.8 Å². The van der Waals surface area contributed by atoms with Crippen molar-refractivity contribution in [1.29, 1.82) is 0 Å². The Morgan fingerprint density at radius 2 is 1.92 bits per heavy atom. The highest BCUT2D eigenvalue weighted by molar-refractivity contribution is 7.91. The lowest BCUT2D eigenvalue weighted by Gasteiger charge is -2.28. The molecule has 2 N–H and O–H groups in total. The van der Waals surface area contributed by atoms with E-state index < -0.39 is 68.5 Å². The molecule has 3 heterocycles. The second-order valence-corrected chi connectivity index (χ2v) is 15.4. The number of amides is 3. The first-order valence-electron chi connectivity index (χ1n) is 16.8. The Morgan fingerprint density at radius 1 is 1.12 bits per heavy atom. The molecule has 3 fully saturated rings. The number of hydrogen-bond acceptors (Lipinski definition) is 8. The van der Waals surface area contributed by atoms with Crippen LogP contribution in [0.2, 0.25) is 0 Å². The maximum Gasteiger partial charge on any atom is 0.259 e. The number of benzene rings is 2. The first-order chi connectivity index (χ1) is 23.5. The predicted molar refractivity (Wildman–Crippen MR) is 179 cm³/mol. The van der Waals surface area contributed by atoms with Gasteiger partial charge in [0.1, 0.15) is 29.6 Å². The molecule has 49 heavy (non-hydrogen) atoms. The van der Waals surface area contributed by atoms with Crippen LogP contribution in [-0.2, 0) is 29.1 Å². The Hall–Kier alpha value is -4.36. The van der Waals surface area contributed by atoms with Crippen molar-refractivity contribution in [2.45, 2.75) is 80.9 Å². The van der Waals surface area contributed by atoms with E-state index in [4.69, 9.17) is 14.5 Å². The zero-order valence-electron chi connectivity index (χ0n) is 27.1. The molecule has 3 aromatic rings. The van der Waals surface area contributed by atoms with E-state index in [-0.39, 0.29) is 25.3 Å². The molecule has 1 aromatic heterocycles. The lowest BCUT2D eigenvalue weighted by atomic mass is 10.0. The van der Waals surface area contributed by atoms with E-state index in [1.165, 1.54) is 17.0 Å². The molecular formula is C36H39FN4O7S. The maximum atomic E-state index is 14.1. The highest BCUT2D eigenvalue weighted by Crippen LogP contribution is 2.46. The Morgan fingerprint density at radius 3 is 2.69 bits per heavy atom. The summed E-state index contributed by atoms with van der Waals surface area (Å²) < 4.78 is 54.2. The van der Waals surface area contributed by atoms with Crippen LogP contribution in [0.5, 0.6) is 5.88 Å². The number of nitrogens with zero attached hydrogens (tertiary/aromatic N) is 2. The number of allylic oxidation sites excluding steroid dienone is 1. The van der Waals surface area contributed by atoms with Gasteiger partial charge in [0.15, 0.2) is 0 Å². The minimum atomic E-state index is -3.86. The molecule has 2 saturated carbocycles. The van der Waals surface area contributed by atoms with Gasteiger partial charge in [0, 0.05) is 29.9 Å². The Balaban J connectivity index is 1.19. The van der Waals surface area contributed by atoms with Crippen molar-refractivity contribution in [2.24, 2.45) is 5.92 Å². The third kappa shape index (κ3) is 6.91. The van der Waals surface area contributed by atoms with Gasteiger partial charge in [-0.25, -0.2) is 17.8 Å². The summed E-state index contributed by atoms with van der Waals surface area (Å²) in [6, 6.07) is 14.4. The van der Waals surface area contributed by atoms with Gasteiger partial charge in [-0.2, -0.15) is 0 Å². The maximum absolute atomic E-state index is 14.1. The van der Waals surface area contributed by atoms with Gasteiger partial charge in [0.25, 0.3) is 11.8 Å². The van der Waals surface area contributed by atoms with Crippen molar-refractivity contribution in [3.63, 3.8) is 0 Å². The molecular weight excluding hydrogens is 651 g/mol. The third-order valence-corrected chi connectivity index (χ3v) is 11.6. The van der Waals surface area contributed by atoms with Gasteiger partial charge in [-0.1, -0.05) is 42.5 Å². The Kier molecular flexibility index (Phi) is 8.91. The number of aromatic nitrogens is 1. The molecule has 0 bridgehead atoms. The average Bonchev–Trinajstić information content (AvgIpc) is 4.01. The predicted octanol–water partition coefficient (Wildman–Crippen LogP) is 4.02. The van der Waals surface area contributed by atoms with Gasteiger partial charge in [-0.05, 0) is 75.3 Å². The molecule has 0 radical (unpaired) electrons. The van der Waals surface area contributed by atoms with Crippen LogP contribution in [0.25, 0.3) is 22.0 Å². The fraction of sp³-hybridized carbons (Fsp3) is 0.444. The minimum absolute atomic E-state index is 0.0422. The molecule has 4 aliphatic rings. The molecule has 2 aliphatic carbocycles. The van der Waals surface area contributed by atoms with Crippen LogP contribution in [0.15, 0.2) is 66.7 Å². The van der Waals surface area contributed by atoms with Crippen LogP contribution in [-0.4, -0.2) is 78.2 Å². The van der Waals surface area contributed by atoms with E-state index in [1.807, 2.05) is 42.5 Å². The molecule has 0 spiro atoms. The van der Waals surface area contributed by atoms with E-state index in [1.54, 1.807) is 19.1 Å². The smallest absolute Gasteiger partial charge is 0.259 e. The molecule has 7 rings (SSSR count). The van der Waals surface area contributed by atoms with Crippen LogP contribution in [0.3, 0.4) is 0 Å². The molecule has 0 unspecified atom stereocenters. The van der Waals surface area contributed by atoms with Gasteiger partial charge in [-0.15, -0.1) is 0 Å². The van der Waals surface area contributed by atoms with Crippen LogP contribution < -0.4 is 14.8 Å². The fourth-order valence-corrected chi connectivity index (χ4v) is 8.10.